The third kappa shape index (κ3) is 4.87. The predicted molar refractivity (Wildman–Crippen MR) is 93.6 cm³/mol. The number of hydrogen-bond donors (Lipinski definition) is 0. The normalized spacial score (nSPS) is 12.0. The van der Waals surface area contributed by atoms with E-state index in [1.54, 1.807) is 0 Å². The van der Waals surface area contributed by atoms with Gasteiger partial charge in [-0.15, -0.1) is 10.2 Å². The molecule has 0 N–H and O–H groups in total. The van der Waals surface area contributed by atoms with Crippen LogP contribution in [0.3, 0.4) is 0 Å². The number of halogens is 6. The summed E-state index contributed by atoms with van der Waals surface area (Å²) in [6.45, 7) is 0. The van der Waals surface area contributed by atoms with Crippen LogP contribution in [0.4, 0.5) is 26.3 Å². The van der Waals surface area contributed by atoms with Gasteiger partial charge < -0.3 is 4.42 Å². The van der Waals surface area contributed by atoms with Gasteiger partial charge in [0.15, 0.2) is 5.82 Å². The van der Waals surface area contributed by atoms with E-state index < -0.39 is 41.3 Å². The van der Waals surface area contributed by atoms with E-state index in [1.807, 2.05) is 0 Å². The molecule has 1 aromatic carbocycles. The van der Waals surface area contributed by atoms with Crippen molar-refractivity contribution in [2.24, 2.45) is 5.10 Å². The molecule has 0 saturated carbocycles. The Hall–Kier alpha value is -3.77. The number of alkyl halides is 5. The second kappa shape index (κ2) is 8.53. The third-order valence-corrected chi connectivity index (χ3v) is 3.88. The molecule has 7 nitrogen and oxygen atoms in total. The van der Waals surface area contributed by atoms with Crippen LogP contribution in [0.5, 0.6) is 0 Å². The second-order valence-electron chi connectivity index (χ2n) is 5.98. The maximum atomic E-state index is 13.9. The Morgan fingerprint density at radius 2 is 1.84 bits per heavy atom. The minimum absolute atomic E-state index is 0.140. The molecule has 2 heterocycles. The van der Waals surface area contributed by atoms with E-state index in [4.69, 9.17) is 4.42 Å². The molecule has 31 heavy (non-hydrogen) atoms. The summed E-state index contributed by atoms with van der Waals surface area (Å²) in [6.07, 6.45) is -5.92. The molecule has 0 fully saturated rings. The molecule has 162 valence electrons. The van der Waals surface area contributed by atoms with Crippen molar-refractivity contribution in [1.29, 1.82) is 0 Å². The Balaban J connectivity index is 1.77. The van der Waals surface area contributed by atoms with Crippen molar-refractivity contribution in [1.82, 2.24) is 20.2 Å². The van der Waals surface area contributed by atoms with Gasteiger partial charge in [0.25, 0.3) is 11.8 Å². The minimum Gasteiger partial charge on any atom is -0.415 e. The maximum absolute atomic E-state index is 13.9. The van der Waals surface area contributed by atoms with Crippen molar-refractivity contribution >= 4 is 12.1 Å². The molecule has 0 radical (unpaired) electrons. The van der Waals surface area contributed by atoms with E-state index >= 15 is 0 Å². The van der Waals surface area contributed by atoms with Crippen molar-refractivity contribution in [3.8, 4) is 11.5 Å². The summed E-state index contributed by atoms with van der Waals surface area (Å²) >= 11 is 0. The molecular weight excluding hydrogens is 432 g/mol. The molecule has 3 rings (SSSR count). The molecule has 0 spiro atoms. The first kappa shape index (κ1) is 21.9. The SMILES string of the molecule is CN(/N=C/c1ccc(-c2nnc(C(F)F)o2)cc1)C(=O)c1c(F)cncc1C(F)(F)F. The lowest BCUT2D eigenvalue weighted by atomic mass is 10.1. The van der Waals surface area contributed by atoms with Crippen LogP contribution >= 0.6 is 0 Å². The lowest BCUT2D eigenvalue weighted by Crippen LogP contribution is -2.26. The highest BCUT2D eigenvalue weighted by atomic mass is 19.4. The first-order valence-corrected chi connectivity index (χ1v) is 8.32. The van der Waals surface area contributed by atoms with E-state index in [0.717, 1.165) is 13.3 Å². The molecule has 0 unspecified atom stereocenters. The Morgan fingerprint density at radius 3 is 2.42 bits per heavy atom. The highest BCUT2D eigenvalue weighted by Gasteiger charge is 2.38. The summed E-state index contributed by atoms with van der Waals surface area (Å²) in [7, 11) is 1.05. The fraction of sp³-hybridized carbons (Fsp3) is 0.167. The number of nitrogens with zero attached hydrogens (tertiary/aromatic N) is 5. The molecule has 0 bridgehead atoms. The van der Waals surface area contributed by atoms with Crippen molar-refractivity contribution in [3.63, 3.8) is 0 Å². The molecule has 2 aromatic heterocycles. The first-order chi connectivity index (χ1) is 14.6. The van der Waals surface area contributed by atoms with Gasteiger partial charge in [0.2, 0.25) is 5.89 Å². The van der Waals surface area contributed by atoms with Gasteiger partial charge in [-0.25, -0.2) is 9.40 Å². The van der Waals surface area contributed by atoms with Crippen LogP contribution in [0, 0.1) is 5.82 Å². The van der Waals surface area contributed by atoms with E-state index in [1.165, 1.54) is 24.3 Å². The zero-order valence-electron chi connectivity index (χ0n) is 15.4. The molecule has 0 aliphatic rings. The molecule has 0 saturated heterocycles. The zero-order valence-corrected chi connectivity index (χ0v) is 15.4. The Morgan fingerprint density at radius 1 is 1.16 bits per heavy atom. The van der Waals surface area contributed by atoms with Crippen molar-refractivity contribution in [2.45, 2.75) is 12.6 Å². The van der Waals surface area contributed by atoms with Crippen LogP contribution in [0.25, 0.3) is 11.5 Å². The zero-order chi connectivity index (χ0) is 22.8. The topological polar surface area (TPSA) is 84.5 Å². The summed E-state index contributed by atoms with van der Waals surface area (Å²) in [5.74, 6) is -3.74. The van der Waals surface area contributed by atoms with E-state index in [2.05, 4.69) is 20.3 Å². The molecule has 0 aliphatic carbocycles. The van der Waals surface area contributed by atoms with Gasteiger partial charge in [0.1, 0.15) is 0 Å². The van der Waals surface area contributed by atoms with Gasteiger partial charge in [-0.3, -0.25) is 9.78 Å². The van der Waals surface area contributed by atoms with E-state index in [0.29, 0.717) is 28.5 Å². The van der Waals surface area contributed by atoms with Crippen LogP contribution < -0.4 is 0 Å². The van der Waals surface area contributed by atoms with Crippen LogP contribution in [-0.4, -0.2) is 39.4 Å². The fourth-order valence-corrected chi connectivity index (χ4v) is 2.39. The van der Waals surface area contributed by atoms with Crippen molar-refractivity contribution < 1.29 is 35.6 Å². The standard InChI is InChI=1S/C18H11F6N5O2/c1-29(17(30)13-11(18(22,23)24)7-25-8-12(13)19)26-6-9-2-4-10(5-3-9)15-27-28-16(31-15)14(20)21/h2-8,14H,1H3/b26-6+. The Kier molecular flexibility index (Phi) is 6.04. The molecule has 1 amide bonds. The van der Waals surface area contributed by atoms with Crippen LogP contribution in [0.1, 0.15) is 33.8 Å². The quantitative estimate of drug-likeness (QED) is 0.333. The number of benzene rings is 1. The molecule has 0 atom stereocenters. The minimum atomic E-state index is -4.99. The average molecular weight is 443 g/mol. The number of carbonyl (C=O) groups is 1. The van der Waals surface area contributed by atoms with Crippen LogP contribution in [-0.2, 0) is 6.18 Å². The maximum Gasteiger partial charge on any atom is 0.418 e. The lowest BCUT2D eigenvalue weighted by molar-refractivity contribution is -0.138. The Labute approximate surface area is 170 Å². The third-order valence-electron chi connectivity index (χ3n) is 3.88. The molecular formula is C18H11F6N5O2. The molecule has 3 aromatic rings. The number of rotatable bonds is 5. The number of pyridine rings is 1. The first-order valence-electron chi connectivity index (χ1n) is 8.32. The van der Waals surface area contributed by atoms with Gasteiger partial charge in [-0.1, -0.05) is 12.1 Å². The lowest BCUT2D eigenvalue weighted by Gasteiger charge is -2.16. The van der Waals surface area contributed by atoms with Gasteiger partial charge in [-0.05, 0) is 17.7 Å². The second-order valence-corrected chi connectivity index (χ2v) is 5.98. The summed E-state index contributed by atoms with van der Waals surface area (Å²) < 4.78 is 82.9. The number of aromatic nitrogens is 3. The monoisotopic (exact) mass is 443 g/mol. The van der Waals surface area contributed by atoms with Gasteiger partial charge in [-0.2, -0.15) is 27.1 Å². The van der Waals surface area contributed by atoms with Crippen molar-refractivity contribution in [2.75, 3.05) is 7.05 Å². The Bertz CT molecular complexity index is 1110. The van der Waals surface area contributed by atoms with E-state index in [-0.39, 0.29) is 5.89 Å². The number of carbonyl (C=O) groups excluding carboxylic acids is 1. The summed E-state index contributed by atoms with van der Waals surface area (Å²) in [6, 6.07) is 5.79. The highest BCUT2D eigenvalue weighted by molar-refractivity contribution is 5.96. The van der Waals surface area contributed by atoms with Crippen molar-refractivity contribution in [3.05, 3.63) is 65.1 Å². The van der Waals surface area contributed by atoms with Gasteiger partial charge >= 0.3 is 12.6 Å². The summed E-state index contributed by atoms with van der Waals surface area (Å²) in [5.41, 5.74) is -2.01. The molecule has 13 heteroatoms. The largest absolute Gasteiger partial charge is 0.418 e. The fourth-order valence-electron chi connectivity index (χ4n) is 2.39. The predicted octanol–water partition coefficient (Wildman–Crippen LogP) is 4.33. The number of hydrogen-bond acceptors (Lipinski definition) is 6. The smallest absolute Gasteiger partial charge is 0.415 e. The molecule has 0 aliphatic heterocycles. The van der Waals surface area contributed by atoms with Gasteiger partial charge in [0, 0.05) is 18.8 Å². The summed E-state index contributed by atoms with van der Waals surface area (Å²) in [4.78, 5) is 15.4. The number of amides is 1. The average Bonchev–Trinajstić information content (AvgIpc) is 3.21. The van der Waals surface area contributed by atoms with Gasteiger partial charge in [0.05, 0.1) is 23.5 Å². The van der Waals surface area contributed by atoms with Crippen LogP contribution in [0.15, 0.2) is 46.2 Å². The summed E-state index contributed by atoms with van der Waals surface area (Å²) in [5, 5.41) is 10.9. The van der Waals surface area contributed by atoms with E-state index in [9.17, 15) is 31.1 Å². The highest BCUT2D eigenvalue weighted by Crippen LogP contribution is 2.33. The van der Waals surface area contributed by atoms with Crippen LogP contribution in [0.2, 0.25) is 0 Å². The number of hydrazone groups is 1.